The van der Waals surface area contributed by atoms with Gasteiger partial charge in [-0.1, -0.05) is 25.2 Å². The molecular formula is C12H23N3OS. The SMILES string of the molecule is CC(C)CNCc1nnc(COC(C)(C)C)s1. The van der Waals surface area contributed by atoms with Gasteiger partial charge in [0, 0.05) is 6.54 Å². The number of nitrogens with one attached hydrogen (secondary N) is 1. The van der Waals surface area contributed by atoms with Gasteiger partial charge in [-0.2, -0.15) is 0 Å². The van der Waals surface area contributed by atoms with Crippen molar-refractivity contribution in [2.24, 2.45) is 5.92 Å². The second kappa shape index (κ2) is 6.42. The predicted molar refractivity (Wildman–Crippen MR) is 71.0 cm³/mol. The lowest BCUT2D eigenvalue weighted by atomic mass is 10.2. The molecule has 0 fully saturated rings. The van der Waals surface area contributed by atoms with Crippen molar-refractivity contribution in [2.75, 3.05) is 6.54 Å². The average Bonchev–Trinajstić information content (AvgIpc) is 2.61. The van der Waals surface area contributed by atoms with Gasteiger partial charge in [0.2, 0.25) is 0 Å². The highest BCUT2D eigenvalue weighted by Gasteiger charge is 2.12. The van der Waals surface area contributed by atoms with Crippen molar-refractivity contribution in [3.05, 3.63) is 10.0 Å². The van der Waals surface area contributed by atoms with Crippen LogP contribution in [0.25, 0.3) is 0 Å². The van der Waals surface area contributed by atoms with Crippen LogP contribution in [0.4, 0.5) is 0 Å². The van der Waals surface area contributed by atoms with Gasteiger partial charge in [0.05, 0.1) is 5.60 Å². The van der Waals surface area contributed by atoms with E-state index in [1.54, 1.807) is 11.3 Å². The number of hydrogen-bond donors (Lipinski definition) is 1. The molecule has 0 bridgehead atoms. The van der Waals surface area contributed by atoms with Crippen LogP contribution in [0.1, 0.15) is 44.6 Å². The summed E-state index contributed by atoms with van der Waals surface area (Å²) in [4.78, 5) is 0. The normalized spacial score (nSPS) is 12.4. The zero-order chi connectivity index (χ0) is 12.9. The molecule has 0 aliphatic rings. The van der Waals surface area contributed by atoms with Gasteiger partial charge in [-0.05, 0) is 33.2 Å². The Hall–Kier alpha value is -0.520. The minimum Gasteiger partial charge on any atom is -0.369 e. The quantitative estimate of drug-likeness (QED) is 0.851. The molecule has 0 spiro atoms. The van der Waals surface area contributed by atoms with Gasteiger partial charge in [0.1, 0.15) is 16.6 Å². The molecule has 0 saturated carbocycles. The molecule has 0 aromatic carbocycles. The van der Waals surface area contributed by atoms with Crippen molar-refractivity contribution in [3.63, 3.8) is 0 Å². The number of ether oxygens (including phenoxy) is 1. The fourth-order valence-corrected chi connectivity index (χ4v) is 1.89. The van der Waals surface area contributed by atoms with E-state index in [1.165, 1.54) is 0 Å². The molecule has 4 nitrogen and oxygen atoms in total. The Morgan fingerprint density at radius 3 is 2.47 bits per heavy atom. The Labute approximate surface area is 108 Å². The Balaban J connectivity index is 2.32. The van der Waals surface area contributed by atoms with Crippen molar-refractivity contribution in [1.82, 2.24) is 15.5 Å². The number of nitrogens with zero attached hydrogens (tertiary/aromatic N) is 2. The lowest BCUT2D eigenvalue weighted by Crippen LogP contribution is -2.18. The van der Waals surface area contributed by atoms with Gasteiger partial charge in [-0.3, -0.25) is 0 Å². The Kier molecular flexibility index (Phi) is 5.49. The first-order valence-corrected chi connectivity index (χ1v) is 6.84. The smallest absolute Gasteiger partial charge is 0.143 e. The molecule has 1 aromatic heterocycles. The number of aromatic nitrogens is 2. The van der Waals surface area contributed by atoms with E-state index in [0.29, 0.717) is 12.5 Å². The second-order valence-corrected chi connectivity index (χ2v) is 6.66. The lowest BCUT2D eigenvalue weighted by Gasteiger charge is -2.17. The van der Waals surface area contributed by atoms with Crippen LogP contribution in [0.5, 0.6) is 0 Å². The number of rotatable bonds is 6. The van der Waals surface area contributed by atoms with E-state index in [2.05, 4.69) is 29.4 Å². The molecule has 0 saturated heterocycles. The van der Waals surface area contributed by atoms with E-state index in [9.17, 15) is 0 Å². The summed E-state index contributed by atoms with van der Waals surface area (Å²) in [6, 6.07) is 0. The fourth-order valence-electron chi connectivity index (χ4n) is 1.16. The molecule has 0 aliphatic carbocycles. The highest BCUT2D eigenvalue weighted by molar-refractivity contribution is 7.11. The maximum absolute atomic E-state index is 5.66. The second-order valence-electron chi connectivity index (χ2n) is 5.52. The molecule has 0 aliphatic heterocycles. The molecule has 0 amide bonds. The Morgan fingerprint density at radius 1 is 1.24 bits per heavy atom. The highest BCUT2D eigenvalue weighted by atomic mass is 32.1. The lowest BCUT2D eigenvalue weighted by molar-refractivity contribution is -0.0152. The summed E-state index contributed by atoms with van der Waals surface area (Å²) in [6.45, 7) is 12.9. The summed E-state index contributed by atoms with van der Waals surface area (Å²) in [7, 11) is 0. The van der Waals surface area contributed by atoms with Gasteiger partial charge < -0.3 is 10.1 Å². The van der Waals surface area contributed by atoms with Gasteiger partial charge in [0.15, 0.2) is 0 Å². The third-order valence-corrected chi connectivity index (χ3v) is 2.86. The van der Waals surface area contributed by atoms with Crippen LogP contribution in [-0.4, -0.2) is 22.3 Å². The minimum absolute atomic E-state index is 0.123. The molecule has 1 aromatic rings. The van der Waals surface area contributed by atoms with Crippen molar-refractivity contribution in [1.29, 1.82) is 0 Å². The van der Waals surface area contributed by atoms with Crippen LogP contribution in [-0.2, 0) is 17.9 Å². The van der Waals surface area contributed by atoms with Gasteiger partial charge in [-0.15, -0.1) is 10.2 Å². The van der Waals surface area contributed by atoms with Gasteiger partial charge in [-0.25, -0.2) is 0 Å². The Morgan fingerprint density at radius 2 is 1.88 bits per heavy atom. The van der Waals surface area contributed by atoms with E-state index in [-0.39, 0.29) is 5.60 Å². The van der Waals surface area contributed by atoms with Crippen molar-refractivity contribution < 1.29 is 4.74 Å². The summed E-state index contributed by atoms with van der Waals surface area (Å²) in [5.41, 5.74) is -0.123. The zero-order valence-electron chi connectivity index (χ0n) is 11.4. The van der Waals surface area contributed by atoms with Crippen LogP contribution in [0.2, 0.25) is 0 Å². The van der Waals surface area contributed by atoms with E-state index < -0.39 is 0 Å². The number of hydrogen-bond acceptors (Lipinski definition) is 5. The van der Waals surface area contributed by atoms with Crippen molar-refractivity contribution in [2.45, 2.75) is 53.4 Å². The molecule has 1 N–H and O–H groups in total. The van der Waals surface area contributed by atoms with Crippen LogP contribution in [0.15, 0.2) is 0 Å². The average molecular weight is 257 g/mol. The molecule has 1 heterocycles. The Bertz CT molecular complexity index is 331. The molecule has 17 heavy (non-hydrogen) atoms. The molecule has 0 atom stereocenters. The van der Waals surface area contributed by atoms with E-state index in [0.717, 1.165) is 23.1 Å². The van der Waals surface area contributed by atoms with Crippen LogP contribution >= 0.6 is 11.3 Å². The van der Waals surface area contributed by atoms with Crippen molar-refractivity contribution in [3.8, 4) is 0 Å². The highest BCUT2D eigenvalue weighted by Crippen LogP contribution is 2.15. The first-order valence-electron chi connectivity index (χ1n) is 6.03. The van der Waals surface area contributed by atoms with Gasteiger partial charge in [0.25, 0.3) is 0 Å². The summed E-state index contributed by atoms with van der Waals surface area (Å²) in [6.07, 6.45) is 0. The third kappa shape index (κ3) is 6.71. The predicted octanol–water partition coefficient (Wildman–Crippen LogP) is 2.60. The maximum atomic E-state index is 5.66. The molecule has 5 heteroatoms. The van der Waals surface area contributed by atoms with Crippen molar-refractivity contribution >= 4 is 11.3 Å². The monoisotopic (exact) mass is 257 g/mol. The minimum atomic E-state index is -0.123. The first-order chi connectivity index (χ1) is 7.87. The summed E-state index contributed by atoms with van der Waals surface area (Å²) in [5.74, 6) is 0.659. The molecule has 98 valence electrons. The third-order valence-electron chi connectivity index (χ3n) is 1.97. The van der Waals surface area contributed by atoms with Crippen LogP contribution in [0.3, 0.4) is 0 Å². The largest absolute Gasteiger partial charge is 0.369 e. The zero-order valence-corrected chi connectivity index (χ0v) is 12.2. The maximum Gasteiger partial charge on any atom is 0.143 e. The van der Waals surface area contributed by atoms with Gasteiger partial charge >= 0.3 is 0 Å². The molecule has 0 radical (unpaired) electrons. The summed E-state index contributed by atoms with van der Waals surface area (Å²) >= 11 is 1.62. The van der Waals surface area contributed by atoms with Crippen LogP contribution < -0.4 is 5.32 Å². The summed E-state index contributed by atoms with van der Waals surface area (Å²) < 4.78 is 5.66. The molecule has 1 rings (SSSR count). The molecule has 0 unspecified atom stereocenters. The summed E-state index contributed by atoms with van der Waals surface area (Å²) in [5, 5.41) is 13.6. The van der Waals surface area contributed by atoms with E-state index in [1.807, 2.05) is 20.8 Å². The first kappa shape index (κ1) is 14.5. The topological polar surface area (TPSA) is 47.0 Å². The van der Waals surface area contributed by atoms with E-state index >= 15 is 0 Å². The standard InChI is InChI=1S/C12H23N3OS/c1-9(2)6-13-7-10-14-15-11(17-10)8-16-12(3,4)5/h9,13H,6-8H2,1-5H3. The van der Waals surface area contributed by atoms with Crippen LogP contribution in [0, 0.1) is 5.92 Å². The van der Waals surface area contributed by atoms with E-state index in [4.69, 9.17) is 4.74 Å². The molecular weight excluding hydrogens is 234 g/mol. The fraction of sp³-hybridized carbons (Fsp3) is 0.833.